The van der Waals surface area contributed by atoms with Gasteiger partial charge < -0.3 is 19.7 Å². The van der Waals surface area contributed by atoms with Gasteiger partial charge in [0, 0.05) is 62.6 Å². The van der Waals surface area contributed by atoms with Crippen molar-refractivity contribution in [1.29, 1.82) is 0 Å². The van der Waals surface area contributed by atoms with Crippen molar-refractivity contribution < 1.29 is 14.6 Å². The van der Waals surface area contributed by atoms with Crippen LogP contribution in [0.2, 0.25) is 0 Å². The molecule has 2 aliphatic rings. The summed E-state index contributed by atoms with van der Waals surface area (Å²) in [5.41, 5.74) is 3.41. The Bertz CT molecular complexity index is 1570. The molecule has 0 unspecified atom stereocenters. The molecule has 4 aromatic rings. The standard InChI is InChI=1S/C28H32N6O4/c1-17-12-23-21(26-22(27(36)31-23)14-30-34(26)19-5-10-38-11-6-19)13-20(17)28(37)33-9-8-32(18(2)15-33)16-24-25(35)4-3-7-29-24/h3-4,7,12-14,18-19,35H,5-6,8-11,15-16H2,1-2H3,(H,31,36)/t18-/m0/s1. The molecule has 5 heterocycles. The van der Waals surface area contributed by atoms with Crippen molar-refractivity contribution in [2.45, 2.75) is 45.3 Å². The average Bonchev–Trinajstić information content (AvgIpc) is 3.37. The number of nitrogens with zero attached hydrogens (tertiary/aromatic N) is 5. The molecule has 1 aromatic carbocycles. The summed E-state index contributed by atoms with van der Waals surface area (Å²) in [6, 6.07) is 7.44. The van der Waals surface area contributed by atoms with E-state index in [1.165, 1.54) is 0 Å². The van der Waals surface area contributed by atoms with Gasteiger partial charge >= 0.3 is 0 Å². The van der Waals surface area contributed by atoms with E-state index >= 15 is 0 Å². The molecule has 2 N–H and O–H groups in total. The summed E-state index contributed by atoms with van der Waals surface area (Å²) >= 11 is 0. The summed E-state index contributed by atoms with van der Waals surface area (Å²) in [7, 11) is 0. The number of hydrogen-bond donors (Lipinski definition) is 2. The molecule has 0 spiro atoms. The van der Waals surface area contributed by atoms with Crippen LogP contribution in [0.25, 0.3) is 21.8 Å². The number of aromatic nitrogens is 4. The van der Waals surface area contributed by atoms with Crippen molar-refractivity contribution in [3.8, 4) is 5.75 Å². The number of rotatable bonds is 4. The van der Waals surface area contributed by atoms with Crippen LogP contribution < -0.4 is 5.56 Å². The number of amides is 1. The maximum atomic E-state index is 13.8. The van der Waals surface area contributed by atoms with Gasteiger partial charge in [0.05, 0.1) is 34.4 Å². The monoisotopic (exact) mass is 516 g/mol. The van der Waals surface area contributed by atoms with Crippen LogP contribution in [0.4, 0.5) is 0 Å². The highest BCUT2D eigenvalue weighted by molar-refractivity contribution is 6.07. The normalized spacial score (nSPS) is 19.4. The zero-order valence-corrected chi connectivity index (χ0v) is 21.7. The molecule has 10 heteroatoms. The van der Waals surface area contributed by atoms with Crippen LogP contribution in [0.5, 0.6) is 5.75 Å². The lowest BCUT2D eigenvalue weighted by Crippen LogP contribution is -2.53. The van der Waals surface area contributed by atoms with Gasteiger partial charge in [0.25, 0.3) is 11.5 Å². The highest BCUT2D eigenvalue weighted by Crippen LogP contribution is 2.30. The number of ether oxygens (including phenoxy) is 1. The van der Waals surface area contributed by atoms with Crippen molar-refractivity contribution in [3.05, 3.63) is 63.8 Å². The fourth-order valence-electron chi connectivity index (χ4n) is 5.76. The Balaban J connectivity index is 1.31. The van der Waals surface area contributed by atoms with E-state index in [2.05, 4.69) is 26.9 Å². The smallest absolute Gasteiger partial charge is 0.259 e. The molecule has 10 nitrogen and oxygen atoms in total. The maximum Gasteiger partial charge on any atom is 0.259 e. The zero-order valence-electron chi connectivity index (χ0n) is 21.7. The number of aromatic amines is 1. The van der Waals surface area contributed by atoms with Gasteiger partial charge in [-0.15, -0.1) is 0 Å². The number of aromatic hydroxyl groups is 1. The highest BCUT2D eigenvalue weighted by atomic mass is 16.5. The number of nitrogens with one attached hydrogen (secondary N) is 1. The van der Waals surface area contributed by atoms with Crippen molar-refractivity contribution in [2.75, 3.05) is 32.8 Å². The van der Waals surface area contributed by atoms with Crippen LogP contribution in [0, 0.1) is 6.92 Å². The van der Waals surface area contributed by atoms with Gasteiger partial charge in [-0.05, 0) is 56.5 Å². The minimum Gasteiger partial charge on any atom is -0.506 e. The predicted molar refractivity (Wildman–Crippen MR) is 143 cm³/mol. The molecule has 2 fully saturated rings. The molecule has 3 aromatic heterocycles. The summed E-state index contributed by atoms with van der Waals surface area (Å²) in [5, 5.41) is 16.1. The van der Waals surface area contributed by atoms with Gasteiger partial charge in [-0.25, -0.2) is 0 Å². The van der Waals surface area contributed by atoms with Crippen molar-refractivity contribution in [2.24, 2.45) is 0 Å². The third kappa shape index (κ3) is 4.33. The molecule has 198 valence electrons. The molecule has 6 rings (SSSR count). The third-order valence-corrected chi connectivity index (χ3v) is 7.95. The predicted octanol–water partition coefficient (Wildman–Crippen LogP) is 2.98. The molecule has 0 aliphatic carbocycles. The largest absolute Gasteiger partial charge is 0.506 e. The summed E-state index contributed by atoms with van der Waals surface area (Å²) in [6.07, 6.45) is 4.98. The Labute approximate surface area is 219 Å². The Morgan fingerprint density at radius 1 is 1.21 bits per heavy atom. The summed E-state index contributed by atoms with van der Waals surface area (Å²) in [4.78, 5) is 38.1. The zero-order chi connectivity index (χ0) is 26.4. The van der Waals surface area contributed by atoms with Crippen LogP contribution in [0.1, 0.15) is 47.4 Å². The SMILES string of the molecule is Cc1cc2[nH]c(=O)c3cnn(C4CCOCC4)c3c2cc1C(=O)N1CCN(Cc2ncccc2O)[C@@H](C)C1. The fourth-order valence-corrected chi connectivity index (χ4v) is 5.76. The quantitative estimate of drug-likeness (QED) is 0.428. The molecule has 0 saturated carbocycles. The number of pyridine rings is 2. The molecule has 2 saturated heterocycles. The van der Waals surface area contributed by atoms with E-state index < -0.39 is 0 Å². The van der Waals surface area contributed by atoms with Gasteiger partial charge in [-0.1, -0.05) is 0 Å². The minimum absolute atomic E-state index is 0.0203. The minimum atomic E-state index is -0.173. The molecule has 1 amide bonds. The van der Waals surface area contributed by atoms with Crippen LogP contribution in [0.15, 0.2) is 41.5 Å². The summed E-state index contributed by atoms with van der Waals surface area (Å²) < 4.78 is 7.48. The van der Waals surface area contributed by atoms with Crippen molar-refractivity contribution in [1.82, 2.24) is 29.5 Å². The second kappa shape index (κ2) is 9.85. The lowest BCUT2D eigenvalue weighted by Gasteiger charge is -2.40. The average molecular weight is 517 g/mol. The number of H-pyrrole nitrogens is 1. The van der Waals surface area contributed by atoms with Crippen molar-refractivity contribution in [3.63, 3.8) is 0 Å². The first kappa shape index (κ1) is 24.6. The first-order chi connectivity index (χ1) is 18.4. The molecule has 2 aliphatic heterocycles. The number of aryl methyl sites for hydroxylation is 1. The van der Waals surface area contributed by atoms with Gasteiger partial charge in [-0.3, -0.25) is 24.2 Å². The first-order valence-electron chi connectivity index (χ1n) is 13.2. The number of benzene rings is 1. The first-order valence-corrected chi connectivity index (χ1v) is 13.2. The molecule has 1 atom stereocenters. The fraction of sp³-hybridized carbons (Fsp3) is 0.429. The van der Waals surface area contributed by atoms with E-state index in [0.717, 1.165) is 29.3 Å². The summed E-state index contributed by atoms with van der Waals surface area (Å²) in [5.74, 6) is 0.169. The van der Waals surface area contributed by atoms with Gasteiger partial charge in [0.1, 0.15) is 5.75 Å². The van der Waals surface area contributed by atoms with E-state index in [-0.39, 0.29) is 29.3 Å². The Morgan fingerprint density at radius 3 is 2.79 bits per heavy atom. The third-order valence-electron chi connectivity index (χ3n) is 7.95. The Hall–Kier alpha value is -3.76. The number of carbonyl (C=O) groups is 1. The van der Waals surface area contributed by atoms with E-state index in [4.69, 9.17) is 4.74 Å². The molecular weight excluding hydrogens is 484 g/mol. The van der Waals surface area contributed by atoms with Crippen LogP contribution in [-0.2, 0) is 11.3 Å². The number of carbonyl (C=O) groups excluding carboxylic acids is 1. The molecule has 38 heavy (non-hydrogen) atoms. The highest BCUT2D eigenvalue weighted by Gasteiger charge is 2.29. The van der Waals surface area contributed by atoms with Gasteiger partial charge in [0.2, 0.25) is 0 Å². The van der Waals surface area contributed by atoms with E-state index in [1.807, 2.05) is 28.6 Å². The van der Waals surface area contributed by atoms with E-state index in [1.54, 1.807) is 24.5 Å². The topological polar surface area (TPSA) is 117 Å². The maximum absolute atomic E-state index is 13.8. The van der Waals surface area contributed by atoms with Crippen molar-refractivity contribution >= 4 is 27.7 Å². The number of fused-ring (bicyclic) bond motifs is 3. The molecular formula is C28H32N6O4. The lowest BCUT2D eigenvalue weighted by molar-refractivity contribution is 0.0489. The second-order valence-electron chi connectivity index (χ2n) is 10.4. The van der Waals surface area contributed by atoms with E-state index in [0.29, 0.717) is 61.6 Å². The second-order valence-corrected chi connectivity index (χ2v) is 10.4. The molecule has 0 radical (unpaired) electrons. The van der Waals surface area contributed by atoms with Gasteiger partial charge in [-0.2, -0.15) is 5.10 Å². The van der Waals surface area contributed by atoms with Crippen LogP contribution >= 0.6 is 0 Å². The Morgan fingerprint density at radius 2 is 2.03 bits per heavy atom. The number of hydrogen-bond acceptors (Lipinski definition) is 7. The lowest BCUT2D eigenvalue weighted by atomic mass is 10.0. The van der Waals surface area contributed by atoms with Crippen LogP contribution in [-0.4, -0.2) is 79.5 Å². The summed E-state index contributed by atoms with van der Waals surface area (Å²) in [6.45, 7) is 7.71. The Kier molecular flexibility index (Phi) is 6.37. The van der Waals surface area contributed by atoms with Crippen LogP contribution in [0.3, 0.4) is 0 Å². The molecule has 0 bridgehead atoms. The number of piperazine rings is 1. The van der Waals surface area contributed by atoms with E-state index in [9.17, 15) is 14.7 Å². The van der Waals surface area contributed by atoms with Gasteiger partial charge in [0.15, 0.2) is 0 Å².